The molecule has 0 unspecified atom stereocenters. The minimum atomic E-state index is 0.561. The highest BCUT2D eigenvalue weighted by Crippen LogP contribution is 2.44. The minimum absolute atomic E-state index is 0.561. The maximum absolute atomic E-state index is 6.65. The number of nitrogens with zero attached hydrogens (tertiary/aromatic N) is 4. The molecule has 0 amide bonds. The Kier molecular flexibility index (Phi) is 5.86. The Bertz CT molecular complexity index is 3080. The molecule has 0 aliphatic carbocycles. The van der Waals surface area contributed by atoms with Gasteiger partial charge in [0, 0.05) is 38.2 Å². The Morgan fingerprint density at radius 3 is 1.57 bits per heavy atom. The van der Waals surface area contributed by atoms with Gasteiger partial charge in [-0.25, -0.2) is 15.0 Å². The lowest BCUT2D eigenvalue weighted by atomic mass is 10.1. The lowest BCUT2D eigenvalue weighted by molar-refractivity contribution is 0.669. The molecule has 11 rings (SSSR count). The van der Waals surface area contributed by atoms with Gasteiger partial charge in [0.25, 0.3) is 0 Å². The number of benzene rings is 7. The van der Waals surface area contributed by atoms with E-state index in [2.05, 4.69) is 77.4 Å². The summed E-state index contributed by atoms with van der Waals surface area (Å²) in [4.78, 5) is 15.1. The van der Waals surface area contributed by atoms with Crippen molar-refractivity contribution in [1.82, 2.24) is 19.5 Å². The molecule has 51 heavy (non-hydrogen) atoms. The van der Waals surface area contributed by atoms with Crippen LogP contribution in [0.25, 0.3) is 106 Å². The van der Waals surface area contributed by atoms with Gasteiger partial charge >= 0.3 is 0 Å². The molecule has 0 bridgehead atoms. The van der Waals surface area contributed by atoms with Crippen LogP contribution < -0.4 is 0 Å². The molecule has 0 saturated carbocycles. The molecular formula is C45H26N4O2. The van der Waals surface area contributed by atoms with E-state index in [1.165, 1.54) is 0 Å². The summed E-state index contributed by atoms with van der Waals surface area (Å²) in [5.74, 6) is 1.77. The molecule has 238 valence electrons. The summed E-state index contributed by atoms with van der Waals surface area (Å²) < 4.78 is 15.5. The Morgan fingerprint density at radius 1 is 0.373 bits per heavy atom. The average molecular weight is 655 g/mol. The van der Waals surface area contributed by atoms with E-state index >= 15 is 0 Å². The number of furan rings is 2. The molecule has 0 radical (unpaired) electrons. The van der Waals surface area contributed by atoms with E-state index < -0.39 is 0 Å². The van der Waals surface area contributed by atoms with Crippen molar-refractivity contribution in [2.24, 2.45) is 0 Å². The van der Waals surface area contributed by atoms with Crippen LogP contribution in [0.1, 0.15) is 0 Å². The predicted octanol–water partition coefficient (Wildman–Crippen LogP) is 11.8. The lowest BCUT2D eigenvalue weighted by Gasteiger charge is -2.13. The van der Waals surface area contributed by atoms with E-state index in [-0.39, 0.29) is 0 Å². The van der Waals surface area contributed by atoms with Gasteiger partial charge in [0.05, 0.1) is 27.5 Å². The molecule has 11 aromatic rings. The van der Waals surface area contributed by atoms with Crippen LogP contribution in [-0.2, 0) is 0 Å². The normalized spacial score (nSPS) is 11.9. The monoisotopic (exact) mass is 654 g/mol. The zero-order valence-corrected chi connectivity index (χ0v) is 27.1. The summed E-state index contributed by atoms with van der Waals surface area (Å²) in [5, 5.41) is 6.50. The van der Waals surface area contributed by atoms with Crippen molar-refractivity contribution in [1.29, 1.82) is 0 Å². The lowest BCUT2D eigenvalue weighted by Crippen LogP contribution is -2.01. The van der Waals surface area contributed by atoms with Gasteiger partial charge in [-0.15, -0.1) is 0 Å². The predicted molar refractivity (Wildman–Crippen MR) is 205 cm³/mol. The zero-order valence-electron chi connectivity index (χ0n) is 27.1. The van der Waals surface area contributed by atoms with Crippen LogP contribution in [0.2, 0.25) is 0 Å². The fraction of sp³-hybridized carbons (Fsp3) is 0. The number of para-hydroxylation sites is 3. The number of hydrogen-bond donors (Lipinski definition) is 0. The van der Waals surface area contributed by atoms with Crippen LogP contribution in [0, 0.1) is 0 Å². The average Bonchev–Trinajstić information content (AvgIpc) is 3.87. The second-order valence-electron chi connectivity index (χ2n) is 12.8. The van der Waals surface area contributed by atoms with Gasteiger partial charge in [-0.1, -0.05) is 115 Å². The third kappa shape index (κ3) is 4.20. The molecule has 0 fully saturated rings. The molecule has 4 heterocycles. The van der Waals surface area contributed by atoms with Crippen molar-refractivity contribution in [3.05, 3.63) is 158 Å². The SMILES string of the molecule is c1ccc(-c2nc(-c3ccccc3)nc(-c3cc(-n4c5ccccc5c5ccc6oc7ccccc7c6c54)c4c(c3)oc3ccccc34)n2)cc1. The molecule has 0 aliphatic heterocycles. The fourth-order valence-electron chi connectivity index (χ4n) is 7.59. The molecular weight excluding hydrogens is 629 g/mol. The zero-order chi connectivity index (χ0) is 33.5. The van der Waals surface area contributed by atoms with Gasteiger partial charge < -0.3 is 13.4 Å². The summed E-state index contributed by atoms with van der Waals surface area (Å²) in [7, 11) is 0. The standard InChI is InChI=1S/C45H26N4O2/c1-3-13-27(14-4-1)43-46-44(28-15-5-2-6-16-28)48-45(47-43)29-25-35(40-32-18-8-11-21-36(32)51-39(40)26-29)49-34-20-10-7-17-30(34)31-23-24-38-41(42(31)49)33-19-9-12-22-37(33)50-38/h1-26H. The third-order valence-corrected chi connectivity index (χ3v) is 9.83. The number of rotatable bonds is 4. The maximum atomic E-state index is 6.65. The van der Waals surface area contributed by atoms with Crippen LogP contribution in [0.15, 0.2) is 167 Å². The highest BCUT2D eigenvalue weighted by molar-refractivity contribution is 6.25. The molecule has 6 heteroatoms. The van der Waals surface area contributed by atoms with E-state index in [0.29, 0.717) is 17.5 Å². The number of aromatic nitrogens is 4. The second kappa shape index (κ2) is 10.7. The number of fused-ring (bicyclic) bond motifs is 10. The molecule has 0 spiro atoms. The van der Waals surface area contributed by atoms with Crippen LogP contribution in [-0.4, -0.2) is 19.5 Å². The van der Waals surface area contributed by atoms with Crippen LogP contribution in [0.5, 0.6) is 0 Å². The van der Waals surface area contributed by atoms with E-state index in [1.54, 1.807) is 0 Å². The minimum Gasteiger partial charge on any atom is -0.456 e. The summed E-state index contributed by atoms with van der Waals surface area (Å²) in [6.07, 6.45) is 0. The summed E-state index contributed by atoms with van der Waals surface area (Å²) >= 11 is 0. The van der Waals surface area contributed by atoms with Crippen molar-refractivity contribution in [3.8, 4) is 39.9 Å². The Balaban J connectivity index is 1.29. The van der Waals surface area contributed by atoms with Gasteiger partial charge in [0.2, 0.25) is 0 Å². The second-order valence-corrected chi connectivity index (χ2v) is 12.8. The van der Waals surface area contributed by atoms with Crippen molar-refractivity contribution in [2.75, 3.05) is 0 Å². The van der Waals surface area contributed by atoms with Gasteiger partial charge in [0.15, 0.2) is 17.5 Å². The topological polar surface area (TPSA) is 69.9 Å². The van der Waals surface area contributed by atoms with E-state index in [1.807, 2.05) is 84.9 Å². The smallest absolute Gasteiger partial charge is 0.164 e. The maximum Gasteiger partial charge on any atom is 0.164 e. The molecule has 6 nitrogen and oxygen atoms in total. The first-order valence-electron chi connectivity index (χ1n) is 16.9. The molecule has 4 aromatic heterocycles. The Morgan fingerprint density at radius 2 is 0.902 bits per heavy atom. The van der Waals surface area contributed by atoms with E-state index in [9.17, 15) is 0 Å². The van der Waals surface area contributed by atoms with Gasteiger partial charge in [0.1, 0.15) is 22.3 Å². The molecule has 0 N–H and O–H groups in total. The van der Waals surface area contributed by atoms with Crippen molar-refractivity contribution >= 4 is 65.7 Å². The molecule has 0 saturated heterocycles. The van der Waals surface area contributed by atoms with Crippen LogP contribution in [0.3, 0.4) is 0 Å². The summed E-state index contributed by atoms with van der Waals surface area (Å²) in [6.45, 7) is 0. The van der Waals surface area contributed by atoms with Gasteiger partial charge in [-0.05, 0) is 42.5 Å². The van der Waals surface area contributed by atoms with Crippen LogP contribution >= 0.6 is 0 Å². The third-order valence-electron chi connectivity index (χ3n) is 9.83. The summed E-state index contributed by atoms with van der Waals surface area (Å²) in [5.41, 5.74) is 9.06. The summed E-state index contributed by atoms with van der Waals surface area (Å²) in [6, 6.07) is 53.7. The first-order chi connectivity index (χ1) is 25.3. The Hall–Kier alpha value is -7.05. The van der Waals surface area contributed by atoms with Crippen LogP contribution in [0.4, 0.5) is 0 Å². The first-order valence-corrected chi connectivity index (χ1v) is 16.9. The number of hydrogen-bond acceptors (Lipinski definition) is 5. The quantitative estimate of drug-likeness (QED) is 0.189. The Labute approximate surface area is 290 Å². The molecule has 0 aliphatic rings. The van der Waals surface area contributed by atoms with Crippen molar-refractivity contribution in [3.63, 3.8) is 0 Å². The largest absolute Gasteiger partial charge is 0.456 e. The van der Waals surface area contributed by atoms with Gasteiger partial charge in [-0.2, -0.15) is 0 Å². The molecule has 7 aromatic carbocycles. The van der Waals surface area contributed by atoms with E-state index in [0.717, 1.165) is 88.1 Å². The molecule has 0 atom stereocenters. The van der Waals surface area contributed by atoms with Crippen molar-refractivity contribution < 1.29 is 8.83 Å². The van der Waals surface area contributed by atoms with Crippen molar-refractivity contribution in [2.45, 2.75) is 0 Å². The van der Waals surface area contributed by atoms with E-state index in [4.69, 9.17) is 23.8 Å². The first kappa shape index (κ1) is 27.9. The highest BCUT2D eigenvalue weighted by Gasteiger charge is 2.23. The fourth-order valence-corrected chi connectivity index (χ4v) is 7.59. The highest BCUT2D eigenvalue weighted by atomic mass is 16.3. The van der Waals surface area contributed by atoms with Gasteiger partial charge in [-0.3, -0.25) is 0 Å².